The van der Waals surface area contributed by atoms with Gasteiger partial charge < -0.3 is 19.5 Å². The Morgan fingerprint density at radius 2 is 1.42 bits per heavy atom. The molecule has 9 heteroatoms. The van der Waals surface area contributed by atoms with E-state index in [1.807, 2.05) is 0 Å². The number of carbonyl (C=O) groups excluding carboxylic acids is 4. The van der Waals surface area contributed by atoms with Crippen molar-refractivity contribution >= 4 is 23.8 Å². The third-order valence-electron chi connectivity index (χ3n) is 3.82. The molecule has 8 nitrogen and oxygen atoms in total. The summed E-state index contributed by atoms with van der Waals surface area (Å²) in [6, 6.07) is 3.73. The summed E-state index contributed by atoms with van der Waals surface area (Å²) in [4.78, 5) is 48.3. The number of nitrogens with one attached hydrogen (secondary N) is 1. The first-order valence-corrected chi connectivity index (χ1v) is 7.57. The average Bonchev–Trinajstić information content (AvgIpc) is 2.65. The van der Waals surface area contributed by atoms with Crippen molar-refractivity contribution in [1.82, 2.24) is 5.32 Å². The first kappa shape index (κ1) is 21.1. The zero-order valence-electron chi connectivity index (χ0n) is 14.8. The van der Waals surface area contributed by atoms with E-state index in [9.17, 15) is 23.6 Å². The number of esters is 3. The number of carbonyl (C=O) groups is 4. The van der Waals surface area contributed by atoms with Crippen LogP contribution in [0.4, 0.5) is 4.39 Å². The molecule has 0 aliphatic carbocycles. The van der Waals surface area contributed by atoms with Crippen molar-refractivity contribution in [3.63, 3.8) is 0 Å². The van der Waals surface area contributed by atoms with Gasteiger partial charge in [-0.05, 0) is 12.1 Å². The lowest BCUT2D eigenvalue weighted by Crippen LogP contribution is -2.51. The van der Waals surface area contributed by atoms with E-state index in [-0.39, 0.29) is 5.56 Å². The van der Waals surface area contributed by atoms with Crippen molar-refractivity contribution in [3.05, 3.63) is 35.6 Å². The van der Waals surface area contributed by atoms with Gasteiger partial charge in [0.05, 0.1) is 26.9 Å². The van der Waals surface area contributed by atoms with Gasteiger partial charge in [-0.3, -0.25) is 14.4 Å². The maximum atomic E-state index is 13.8. The lowest BCUT2D eigenvalue weighted by atomic mass is 9.87. The van der Waals surface area contributed by atoms with Crippen LogP contribution in [0.15, 0.2) is 24.3 Å². The number of rotatable bonds is 7. The molecule has 0 aromatic heterocycles. The quantitative estimate of drug-likeness (QED) is 0.428. The summed E-state index contributed by atoms with van der Waals surface area (Å²) in [5.74, 6) is -7.08. The van der Waals surface area contributed by atoms with Crippen LogP contribution in [-0.4, -0.2) is 51.2 Å². The molecule has 0 radical (unpaired) electrons. The van der Waals surface area contributed by atoms with Crippen LogP contribution in [0.3, 0.4) is 0 Å². The second-order valence-electron chi connectivity index (χ2n) is 5.34. The molecule has 0 fully saturated rings. The molecule has 1 aromatic carbocycles. The normalized spacial score (nSPS) is 12.7. The minimum Gasteiger partial charge on any atom is -0.468 e. The van der Waals surface area contributed by atoms with Crippen LogP contribution in [0, 0.1) is 17.7 Å². The monoisotopic (exact) mass is 369 g/mol. The molecule has 2 atom stereocenters. The van der Waals surface area contributed by atoms with Crippen molar-refractivity contribution in [2.75, 3.05) is 21.3 Å². The van der Waals surface area contributed by atoms with E-state index in [0.717, 1.165) is 27.4 Å². The first-order valence-electron chi connectivity index (χ1n) is 7.57. The Labute approximate surface area is 149 Å². The minimum absolute atomic E-state index is 0.304. The number of methoxy groups -OCH3 is 3. The fourth-order valence-electron chi connectivity index (χ4n) is 2.37. The van der Waals surface area contributed by atoms with E-state index in [4.69, 9.17) is 0 Å². The third kappa shape index (κ3) is 4.78. The van der Waals surface area contributed by atoms with E-state index < -0.39 is 47.5 Å². The fourth-order valence-corrected chi connectivity index (χ4v) is 2.37. The van der Waals surface area contributed by atoms with Gasteiger partial charge in [0.15, 0.2) is 5.92 Å². The summed E-state index contributed by atoms with van der Waals surface area (Å²) < 4.78 is 27.5. The molecule has 0 heterocycles. The maximum Gasteiger partial charge on any atom is 0.328 e. The van der Waals surface area contributed by atoms with Gasteiger partial charge in [0.1, 0.15) is 11.9 Å². The average molecular weight is 369 g/mol. The Morgan fingerprint density at radius 1 is 0.923 bits per heavy atom. The van der Waals surface area contributed by atoms with Gasteiger partial charge in [-0.2, -0.15) is 0 Å². The van der Waals surface area contributed by atoms with Crippen LogP contribution in [0.25, 0.3) is 0 Å². The van der Waals surface area contributed by atoms with Crippen LogP contribution in [0.2, 0.25) is 0 Å². The largest absolute Gasteiger partial charge is 0.468 e. The highest BCUT2D eigenvalue weighted by Crippen LogP contribution is 2.21. The van der Waals surface area contributed by atoms with E-state index in [1.54, 1.807) is 0 Å². The summed E-state index contributed by atoms with van der Waals surface area (Å²) in [6.45, 7) is 1.36. The summed E-state index contributed by atoms with van der Waals surface area (Å²) in [7, 11) is 3.20. The molecule has 0 unspecified atom stereocenters. The molecular weight excluding hydrogens is 349 g/mol. The predicted molar refractivity (Wildman–Crippen MR) is 86.4 cm³/mol. The van der Waals surface area contributed by atoms with Crippen LogP contribution in [0.5, 0.6) is 0 Å². The molecule has 1 amide bonds. The van der Waals surface area contributed by atoms with Crippen LogP contribution in [0.1, 0.15) is 17.3 Å². The highest BCUT2D eigenvalue weighted by atomic mass is 19.1. The van der Waals surface area contributed by atoms with Crippen molar-refractivity contribution in [3.8, 4) is 0 Å². The number of benzene rings is 1. The molecule has 0 spiro atoms. The zero-order valence-corrected chi connectivity index (χ0v) is 14.8. The fraction of sp³-hybridized carbons (Fsp3) is 0.412. The molecule has 0 aliphatic rings. The number of hydrogen-bond donors (Lipinski definition) is 1. The highest BCUT2D eigenvalue weighted by Gasteiger charge is 2.42. The Balaban J connectivity index is 3.17. The van der Waals surface area contributed by atoms with Gasteiger partial charge >= 0.3 is 17.9 Å². The Morgan fingerprint density at radius 3 is 1.88 bits per heavy atom. The maximum absolute atomic E-state index is 13.8. The summed E-state index contributed by atoms with van der Waals surface area (Å²) >= 11 is 0. The van der Waals surface area contributed by atoms with Crippen LogP contribution >= 0.6 is 0 Å². The van der Waals surface area contributed by atoms with Crippen molar-refractivity contribution in [1.29, 1.82) is 0 Å². The van der Waals surface area contributed by atoms with E-state index >= 15 is 0 Å². The van der Waals surface area contributed by atoms with Crippen LogP contribution in [-0.2, 0) is 28.6 Å². The Bertz CT molecular complexity index is 675. The second kappa shape index (κ2) is 9.50. The van der Waals surface area contributed by atoms with Crippen molar-refractivity contribution in [2.45, 2.75) is 13.0 Å². The number of halogens is 1. The molecule has 0 aliphatic heterocycles. The lowest BCUT2D eigenvalue weighted by molar-refractivity contribution is -0.163. The van der Waals surface area contributed by atoms with E-state index in [1.165, 1.54) is 25.1 Å². The topological polar surface area (TPSA) is 108 Å². The first-order chi connectivity index (χ1) is 12.3. The number of amides is 1. The molecule has 0 saturated carbocycles. The van der Waals surface area contributed by atoms with Crippen LogP contribution < -0.4 is 5.32 Å². The SMILES string of the molecule is COC(=O)C(C(=O)OC)[C@H](C)[C@@H](NC(=O)c1ccccc1F)C(=O)OC. The van der Waals surface area contributed by atoms with Crippen molar-refractivity contribution in [2.24, 2.45) is 11.8 Å². The molecule has 26 heavy (non-hydrogen) atoms. The predicted octanol–water partition coefficient (Wildman–Crippen LogP) is 0.695. The second-order valence-corrected chi connectivity index (χ2v) is 5.34. The van der Waals surface area contributed by atoms with Gasteiger partial charge in [0.25, 0.3) is 5.91 Å². The van der Waals surface area contributed by atoms with Gasteiger partial charge in [0.2, 0.25) is 0 Å². The van der Waals surface area contributed by atoms with Gasteiger partial charge in [0, 0.05) is 5.92 Å². The van der Waals surface area contributed by atoms with E-state index in [0.29, 0.717) is 0 Å². The number of hydrogen-bond acceptors (Lipinski definition) is 7. The van der Waals surface area contributed by atoms with Gasteiger partial charge in [-0.15, -0.1) is 0 Å². The zero-order chi connectivity index (χ0) is 19.9. The summed E-state index contributed by atoms with van der Waals surface area (Å²) in [5, 5.41) is 2.29. The molecule has 1 aromatic rings. The third-order valence-corrected chi connectivity index (χ3v) is 3.82. The molecule has 142 valence electrons. The van der Waals surface area contributed by atoms with Gasteiger partial charge in [-0.25, -0.2) is 9.18 Å². The Hall–Kier alpha value is -2.97. The summed E-state index contributed by atoms with van der Waals surface area (Å²) in [6.07, 6.45) is 0. The highest BCUT2D eigenvalue weighted by molar-refractivity contribution is 5.99. The molecule has 1 N–H and O–H groups in total. The summed E-state index contributed by atoms with van der Waals surface area (Å²) in [5.41, 5.74) is -0.304. The van der Waals surface area contributed by atoms with Gasteiger partial charge in [-0.1, -0.05) is 19.1 Å². The smallest absolute Gasteiger partial charge is 0.328 e. The lowest BCUT2D eigenvalue weighted by Gasteiger charge is -2.27. The molecule has 1 rings (SSSR count). The molecule has 0 saturated heterocycles. The minimum atomic E-state index is -1.49. The molecular formula is C17H20FNO7. The number of ether oxygens (including phenoxy) is 3. The standard InChI is InChI=1S/C17H20FNO7/c1-9(12(15(21)24-2)16(22)25-3)13(17(23)26-4)19-14(20)10-7-5-6-8-11(10)18/h5-9,12-13H,1-4H3,(H,19,20)/t9-,13+/m0/s1. The molecule has 0 bridgehead atoms. The van der Waals surface area contributed by atoms with E-state index in [2.05, 4.69) is 19.5 Å². The Kier molecular flexibility index (Phi) is 7.70. The van der Waals surface area contributed by atoms with Crippen molar-refractivity contribution < 1.29 is 37.8 Å².